The lowest BCUT2D eigenvalue weighted by Crippen LogP contribution is -2.34. The molecule has 0 radical (unpaired) electrons. The van der Waals surface area contributed by atoms with Crippen LogP contribution in [0.15, 0.2) is 24.3 Å². The summed E-state index contributed by atoms with van der Waals surface area (Å²) < 4.78 is 11.0. The number of methoxy groups -OCH3 is 1. The molecule has 1 saturated heterocycles. The van der Waals surface area contributed by atoms with E-state index in [4.69, 9.17) is 9.47 Å². The zero-order chi connectivity index (χ0) is 12.5. The molecule has 2 atom stereocenters. The van der Waals surface area contributed by atoms with E-state index < -0.39 is 17.5 Å². The van der Waals surface area contributed by atoms with Gasteiger partial charge in [-0.25, -0.2) is 0 Å². The summed E-state index contributed by atoms with van der Waals surface area (Å²) in [5.74, 6) is -0.683. The lowest BCUT2D eigenvalue weighted by molar-refractivity contribution is -0.148. The maximum Gasteiger partial charge on any atom is 0.309 e. The summed E-state index contributed by atoms with van der Waals surface area (Å²) in [6.45, 7) is 2.28. The van der Waals surface area contributed by atoms with Crippen molar-refractivity contribution >= 4 is 5.97 Å². The van der Waals surface area contributed by atoms with Crippen LogP contribution < -0.4 is 4.74 Å². The minimum Gasteiger partial charge on any atom is -0.496 e. The van der Waals surface area contributed by atoms with E-state index >= 15 is 0 Å². The Bertz CT molecular complexity index is 429. The average Bonchev–Trinajstić information content (AvgIpc) is 2.72. The summed E-state index contributed by atoms with van der Waals surface area (Å²) in [5.41, 5.74) is -0.00859. The molecule has 1 fully saturated rings. The predicted octanol–water partition coefficient (Wildman–Crippen LogP) is 2.03. The van der Waals surface area contributed by atoms with Crippen LogP contribution in [0.5, 0.6) is 5.75 Å². The number of carboxylic acid groups (broad SMARTS) is 1. The first-order chi connectivity index (χ1) is 8.09. The highest BCUT2D eigenvalue weighted by molar-refractivity contribution is 5.72. The van der Waals surface area contributed by atoms with Crippen molar-refractivity contribution in [2.75, 3.05) is 13.7 Å². The molecule has 17 heavy (non-hydrogen) atoms. The van der Waals surface area contributed by atoms with Crippen LogP contribution in [-0.2, 0) is 15.1 Å². The van der Waals surface area contributed by atoms with Gasteiger partial charge < -0.3 is 14.6 Å². The van der Waals surface area contributed by atoms with E-state index in [9.17, 15) is 9.90 Å². The Kier molecular flexibility index (Phi) is 3.07. The maximum atomic E-state index is 11.3. The Labute approximate surface area is 100 Å². The minimum absolute atomic E-state index is 0.464. The zero-order valence-corrected chi connectivity index (χ0v) is 9.97. The second-order valence-corrected chi connectivity index (χ2v) is 4.34. The van der Waals surface area contributed by atoms with Gasteiger partial charge in [-0.3, -0.25) is 4.79 Å². The quantitative estimate of drug-likeness (QED) is 0.872. The van der Waals surface area contributed by atoms with Gasteiger partial charge in [0.05, 0.1) is 13.0 Å². The molecule has 2 rings (SSSR count). The van der Waals surface area contributed by atoms with Gasteiger partial charge in [0.25, 0.3) is 0 Å². The summed E-state index contributed by atoms with van der Waals surface area (Å²) in [6, 6.07) is 7.40. The van der Waals surface area contributed by atoms with Crippen molar-refractivity contribution in [2.45, 2.75) is 18.9 Å². The van der Waals surface area contributed by atoms with E-state index in [1.54, 1.807) is 7.11 Å². The number of carbonyl (C=O) groups is 1. The summed E-state index contributed by atoms with van der Waals surface area (Å²) >= 11 is 0. The molecule has 1 aromatic carbocycles. The van der Waals surface area contributed by atoms with Crippen LogP contribution in [0, 0.1) is 5.92 Å². The Morgan fingerprint density at radius 3 is 2.88 bits per heavy atom. The molecule has 4 heteroatoms. The highest BCUT2D eigenvalue weighted by Gasteiger charge is 2.47. The van der Waals surface area contributed by atoms with Crippen molar-refractivity contribution in [3.05, 3.63) is 29.8 Å². The molecule has 0 amide bonds. The fraction of sp³-hybridized carbons (Fsp3) is 0.462. The first kappa shape index (κ1) is 11.9. The number of para-hydroxylation sites is 1. The fourth-order valence-electron chi connectivity index (χ4n) is 2.44. The molecule has 1 aromatic rings. The van der Waals surface area contributed by atoms with E-state index in [2.05, 4.69) is 0 Å². The smallest absolute Gasteiger partial charge is 0.309 e. The standard InChI is InChI=1S/C13H16O4/c1-13(10(12(14)15)7-8-17-13)9-5-3-4-6-11(9)16-2/h3-6,10H,7-8H2,1-2H3,(H,14,15). The van der Waals surface area contributed by atoms with Gasteiger partial charge in [0.15, 0.2) is 0 Å². The molecule has 0 aliphatic carbocycles. The van der Waals surface area contributed by atoms with Crippen molar-refractivity contribution in [1.29, 1.82) is 0 Å². The third kappa shape index (κ3) is 1.89. The summed E-state index contributed by atoms with van der Waals surface area (Å²) in [5, 5.41) is 9.25. The molecule has 4 nitrogen and oxygen atoms in total. The second kappa shape index (κ2) is 4.37. The molecular weight excluding hydrogens is 220 g/mol. The van der Waals surface area contributed by atoms with Crippen molar-refractivity contribution in [3.8, 4) is 5.75 Å². The number of hydrogen-bond donors (Lipinski definition) is 1. The first-order valence-electron chi connectivity index (χ1n) is 5.60. The van der Waals surface area contributed by atoms with Gasteiger partial charge in [-0.15, -0.1) is 0 Å². The van der Waals surface area contributed by atoms with Crippen LogP contribution in [0.1, 0.15) is 18.9 Å². The van der Waals surface area contributed by atoms with Crippen LogP contribution >= 0.6 is 0 Å². The molecule has 1 N–H and O–H groups in total. The van der Waals surface area contributed by atoms with E-state index in [0.29, 0.717) is 18.8 Å². The summed E-state index contributed by atoms with van der Waals surface area (Å²) in [4.78, 5) is 11.3. The SMILES string of the molecule is COc1ccccc1C1(C)OCCC1C(=O)O. The summed E-state index contributed by atoms with van der Waals surface area (Å²) in [6.07, 6.45) is 0.532. The van der Waals surface area contributed by atoms with Crippen molar-refractivity contribution in [3.63, 3.8) is 0 Å². The van der Waals surface area contributed by atoms with Crippen molar-refractivity contribution in [2.24, 2.45) is 5.92 Å². The van der Waals surface area contributed by atoms with E-state index in [1.165, 1.54) is 0 Å². The molecular formula is C13H16O4. The van der Waals surface area contributed by atoms with Crippen LogP contribution in [0.25, 0.3) is 0 Å². The molecule has 2 unspecified atom stereocenters. The van der Waals surface area contributed by atoms with E-state index in [1.807, 2.05) is 31.2 Å². The Balaban J connectivity index is 2.46. The molecule has 0 saturated carbocycles. The van der Waals surface area contributed by atoms with Gasteiger partial charge in [-0.1, -0.05) is 18.2 Å². The van der Waals surface area contributed by atoms with Gasteiger partial charge >= 0.3 is 5.97 Å². The average molecular weight is 236 g/mol. The van der Waals surface area contributed by atoms with Gasteiger partial charge in [0.2, 0.25) is 0 Å². The molecule has 1 heterocycles. The van der Waals surface area contributed by atoms with Crippen molar-refractivity contribution < 1.29 is 19.4 Å². The molecule has 0 bridgehead atoms. The number of ether oxygens (including phenoxy) is 2. The Morgan fingerprint density at radius 2 is 2.24 bits per heavy atom. The van der Waals surface area contributed by atoms with Crippen molar-refractivity contribution in [1.82, 2.24) is 0 Å². The van der Waals surface area contributed by atoms with Gasteiger partial charge in [-0.2, -0.15) is 0 Å². The molecule has 1 aliphatic rings. The molecule has 1 aliphatic heterocycles. The Morgan fingerprint density at radius 1 is 1.53 bits per heavy atom. The summed E-state index contributed by atoms with van der Waals surface area (Å²) in [7, 11) is 1.58. The van der Waals surface area contributed by atoms with E-state index in [0.717, 1.165) is 5.56 Å². The highest BCUT2D eigenvalue weighted by Crippen LogP contribution is 2.44. The van der Waals surface area contributed by atoms with Crippen LogP contribution in [0.2, 0.25) is 0 Å². The number of aliphatic carboxylic acids is 1. The van der Waals surface area contributed by atoms with Crippen LogP contribution in [-0.4, -0.2) is 24.8 Å². The number of rotatable bonds is 3. The largest absolute Gasteiger partial charge is 0.496 e. The second-order valence-electron chi connectivity index (χ2n) is 4.34. The number of hydrogen-bond acceptors (Lipinski definition) is 3. The van der Waals surface area contributed by atoms with Gasteiger partial charge in [0.1, 0.15) is 11.4 Å². The lowest BCUT2D eigenvalue weighted by Gasteiger charge is -2.29. The lowest BCUT2D eigenvalue weighted by atomic mass is 9.82. The molecule has 92 valence electrons. The van der Waals surface area contributed by atoms with Crippen LogP contribution in [0.3, 0.4) is 0 Å². The molecule has 0 spiro atoms. The Hall–Kier alpha value is -1.55. The van der Waals surface area contributed by atoms with Gasteiger partial charge in [-0.05, 0) is 19.4 Å². The first-order valence-corrected chi connectivity index (χ1v) is 5.60. The minimum atomic E-state index is -0.823. The third-order valence-electron chi connectivity index (χ3n) is 3.41. The van der Waals surface area contributed by atoms with E-state index in [-0.39, 0.29) is 0 Å². The third-order valence-corrected chi connectivity index (χ3v) is 3.41. The highest BCUT2D eigenvalue weighted by atomic mass is 16.5. The van der Waals surface area contributed by atoms with Crippen LogP contribution in [0.4, 0.5) is 0 Å². The predicted molar refractivity (Wildman–Crippen MR) is 62.0 cm³/mol. The monoisotopic (exact) mass is 236 g/mol. The van der Waals surface area contributed by atoms with Gasteiger partial charge in [0, 0.05) is 12.2 Å². The maximum absolute atomic E-state index is 11.3. The molecule has 0 aromatic heterocycles. The topological polar surface area (TPSA) is 55.8 Å². The number of carboxylic acids is 1. The fourth-order valence-corrected chi connectivity index (χ4v) is 2.44. The zero-order valence-electron chi connectivity index (χ0n) is 9.97. The number of benzene rings is 1. The normalized spacial score (nSPS) is 28.0.